The zero-order valence-corrected chi connectivity index (χ0v) is 18.4. The third kappa shape index (κ3) is 7.41. The van der Waals surface area contributed by atoms with Crippen LogP contribution in [-0.2, 0) is 14.3 Å². The summed E-state index contributed by atoms with van der Waals surface area (Å²) in [7, 11) is 0. The molecule has 10 heteroatoms. The van der Waals surface area contributed by atoms with E-state index in [1.54, 1.807) is 18.2 Å². The maximum Gasteiger partial charge on any atom is 2.00 e. The molecular weight excluding hydrogens is 399 g/mol. The van der Waals surface area contributed by atoms with Crippen LogP contribution in [0.2, 0.25) is 0 Å². The summed E-state index contributed by atoms with van der Waals surface area (Å²) in [6.45, 7) is 5.96. The second-order valence-electron chi connectivity index (χ2n) is 5.99. The molecule has 0 aliphatic carbocycles. The van der Waals surface area contributed by atoms with E-state index in [0.29, 0.717) is 36.2 Å². The molecule has 1 aliphatic rings. The van der Waals surface area contributed by atoms with Crippen molar-refractivity contribution in [2.45, 2.75) is 25.8 Å². The fraction of sp³-hybridized carbons (Fsp3) is 0.556. The van der Waals surface area contributed by atoms with Crippen LogP contribution in [0.5, 0.6) is 11.5 Å². The van der Waals surface area contributed by atoms with Crippen LogP contribution in [0.15, 0.2) is 23.2 Å². The predicted octanol–water partition coefficient (Wildman–Crippen LogP) is 0.659. The normalized spacial score (nSPS) is 18.0. The van der Waals surface area contributed by atoms with Crippen LogP contribution in [-0.4, -0.2) is 89.0 Å². The fourth-order valence-electron chi connectivity index (χ4n) is 2.23. The molecule has 0 amide bonds. The molecule has 0 radical (unpaired) electrons. The standard InChI is InChI=1S/C18H25NO6S.Mg.H2O/c1-3-7-23-8-9-24-10-11-25-14-6-4-5-13(15(14)20)16-19-18(2,12-26-16)17(21)22;;/h4-6,20H,3,7-12H2,1-2H3,(H,21,22);;1H2/q;+2;/p-2. The number of carbonyl (C=O) groups is 1. The van der Waals surface area contributed by atoms with Crippen molar-refractivity contribution in [3.05, 3.63) is 23.8 Å². The average molecular weight is 424 g/mol. The monoisotopic (exact) mass is 423 g/mol. The van der Waals surface area contributed by atoms with Crippen molar-refractivity contribution in [1.29, 1.82) is 0 Å². The van der Waals surface area contributed by atoms with Gasteiger partial charge in [0, 0.05) is 12.4 Å². The Hall–Kier alpha value is -1.04. The Morgan fingerprint density at radius 3 is 2.50 bits per heavy atom. The van der Waals surface area contributed by atoms with E-state index in [4.69, 9.17) is 14.2 Å². The number of thioether (sulfide) groups is 1. The van der Waals surface area contributed by atoms with E-state index in [-0.39, 0.29) is 46.6 Å². The SMILES string of the molecule is CCCOCCOCCOc1cccc(C2=NC(C)(C(=O)[O-])CS2)c1O.[Mg+2].[OH-]. The van der Waals surface area contributed by atoms with E-state index >= 15 is 0 Å². The summed E-state index contributed by atoms with van der Waals surface area (Å²) in [5.74, 6) is -0.721. The number of aromatic hydroxyl groups is 1. The molecule has 2 rings (SSSR count). The maximum atomic E-state index is 11.2. The molecule has 8 nitrogen and oxygen atoms in total. The topological polar surface area (TPSA) is 130 Å². The molecule has 152 valence electrons. The van der Waals surface area contributed by atoms with Gasteiger partial charge in [-0.05, 0) is 25.5 Å². The molecule has 0 saturated carbocycles. The second-order valence-corrected chi connectivity index (χ2v) is 6.96. The van der Waals surface area contributed by atoms with Crippen LogP contribution in [0.25, 0.3) is 0 Å². The number of hydrogen-bond acceptors (Lipinski definition) is 9. The molecule has 2 N–H and O–H groups in total. The van der Waals surface area contributed by atoms with E-state index in [1.807, 2.05) is 6.92 Å². The number of benzene rings is 1. The number of para-hydroxylation sites is 1. The van der Waals surface area contributed by atoms with Crippen LogP contribution in [0.1, 0.15) is 25.8 Å². The molecule has 0 bridgehead atoms. The van der Waals surface area contributed by atoms with Crippen molar-refractivity contribution in [2.24, 2.45) is 4.99 Å². The Morgan fingerprint density at radius 2 is 1.89 bits per heavy atom. The number of nitrogens with zero attached hydrogens (tertiary/aromatic N) is 1. The minimum Gasteiger partial charge on any atom is -0.870 e. The van der Waals surface area contributed by atoms with Gasteiger partial charge in [-0.15, -0.1) is 11.8 Å². The number of ether oxygens (including phenoxy) is 3. The third-order valence-electron chi connectivity index (χ3n) is 3.71. The van der Waals surface area contributed by atoms with E-state index in [2.05, 4.69) is 4.99 Å². The number of phenols is 1. The van der Waals surface area contributed by atoms with Gasteiger partial charge in [0.15, 0.2) is 11.5 Å². The number of phenolic OH excluding ortho intramolecular Hbond substituents is 1. The van der Waals surface area contributed by atoms with Crippen LogP contribution >= 0.6 is 11.8 Å². The van der Waals surface area contributed by atoms with Gasteiger partial charge in [0.05, 0.1) is 31.4 Å². The van der Waals surface area contributed by atoms with Gasteiger partial charge in [0.2, 0.25) is 0 Å². The molecule has 1 aromatic carbocycles. The summed E-state index contributed by atoms with van der Waals surface area (Å²) in [4.78, 5) is 15.4. The molecular formula is C18H25MgNO7S. The number of aliphatic carboxylic acids is 1. The molecule has 1 heterocycles. The van der Waals surface area contributed by atoms with Gasteiger partial charge in [-0.1, -0.05) is 13.0 Å². The number of aliphatic imine (C=N–C) groups is 1. The van der Waals surface area contributed by atoms with Crippen LogP contribution in [0, 0.1) is 0 Å². The zero-order chi connectivity index (χ0) is 19.0. The summed E-state index contributed by atoms with van der Waals surface area (Å²) in [5.41, 5.74) is -0.830. The molecule has 28 heavy (non-hydrogen) atoms. The minimum absolute atomic E-state index is 0. The molecule has 0 fully saturated rings. The summed E-state index contributed by atoms with van der Waals surface area (Å²) >= 11 is 1.27. The first-order chi connectivity index (χ1) is 12.5. The smallest absolute Gasteiger partial charge is 0.870 e. The number of rotatable bonds is 11. The van der Waals surface area contributed by atoms with Crippen molar-refractivity contribution in [3.8, 4) is 11.5 Å². The predicted molar refractivity (Wildman–Crippen MR) is 106 cm³/mol. The van der Waals surface area contributed by atoms with Crippen molar-refractivity contribution >= 4 is 45.8 Å². The summed E-state index contributed by atoms with van der Waals surface area (Å²) in [6, 6.07) is 5.04. The largest absolute Gasteiger partial charge is 2.00 e. The van der Waals surface area contributed by atoms with Crippen molar-refractivity contribution in [3.63, 3.8) is 0 Å². The minimum atomic E-state index is -1.28. The summed E-state index contributed by atoms with van der Waals surface area (Å²) in [5, 5.41) is 22.1. The van der Waals surface area contributed by atoms with E-state index in [0.717, 1.165) is 13.0 Å². The Labute approximate surface area is 185 Å². The van der Waals surface area contributed by atoms with Crippen molar-refractivity contribution in [2.75, 3.05) is 38.8 Å². The molecule has 1 atom stereocenters. The Balaban J connectivity index is 0.00000364. The Morgan fingerprint density at radius 1 is 1.25 bits per heavy atom. The Bertz CT molecular complexity index is 659. The van der Waals surface area contributed by atoms with Gasteiger partial charge in [-0.25, -0.2) is 0 Å². The van der Waals surface area contributed by atoms with Gasteiger partial charge in [0.25, 0.3) is 0 Å². The van der Waals surface area contributed by atoms with Gasteiger partial charge in [-0.3, -0.25) is 4.99 Å². The first-order valence-electron chi connectivity index (χ1n) is 8.52. The molecule has 0 aromatic heterocycles. The summed E-state index contributed by atoms with van der Waals surface area (Å²) in [6.07, 6.45) is 0.977. The molecule has 0 saturated heterocycles. The van der Waals surface area contributed by atoms with Gasteiger partial charge >= 0.3 is 23.1 Å². The first kappa shape index (κ1) is 27.0. The van der Waals surface area contributed by atoms with Crippen LogP contribution in [0.4, 0.5) is 0 Å². The van der Waals surface area contributed by atoms with Crippen LogP contribution in [0.3, 0.4) is 0 Å². The molecule has 1 aromatic rings. The first-order valence-corrected chi connectivity index (χ1v) is 9.51. The molecule has 1 aliphatic heterocycles. The second kappa shape index (κ2) is 13.2. The molecule has 1 unspecified atom stereocenters. The third-order valence-corrected chi connectivity index (χ3v) is 5.00. The van der Waals surface area contributed by atoms with Gasteiger partial charge < -0.3 is 34.7 Å². The number of carboxylic acids is 1. The van der Waals surface area contributed by atoms with E-state index in [9.17, 15) is 15.0 Å². The number of carboxylic acid groups (broad SMARTS) is 1. The van der Waals surface area contributed by atoms with Crippen molar-refractivity contribution in [1.82, 2.24) is 0 Å². The summed E-state index contributed by atoms with van der Waals surface area (Å²) < 4.78 is 16.3. The fourth-order valence-corrected chi connectivity index (χ4v) is 3.41. The molecule has 0 spiro atoms. The van der Waals surface area contributed by atoms with Crippen LogP contribution < -0.4 is 9.84 Å². The van der Waals surface area contributed by atoms with Gasteiger partial charge in [-0.2, -0.15) is 0 Å². The number of carbonyl (C=O) groups excluding carboxylic acids is 1. The zero-order valence-electron chi connectivity index (χ0n) is 16.2. The average Bonchev–Trinajstić information content (AvgIpc) is 3.02. The van der Waals surface area contributed by atoms with Crippen molar-refractivity contribution < 1.29 is 34.7 Å². The van der Waals surface area contributed by atoms with E-state index < -0.39 is 11.5 Å². The number of hydrogen-bond donors (Lipinski definition) is 1. The Kier molecular flexibility index (Phi) is 12.7. The quantitative estimate of drug-likeness (QED) is 0.405. The maximum absolute atomic E-state index is 11.2. The van der Waals surface area contributed by atoms with Gasteiger partial charge in [0.1, 0.15) is 17.2 Å². The van der Waals surface area contributed by atoms with E-state index in [1.165, 1.54) is 18.7 Å².